The first kappa shape index (κ1) is 20.9. The van der Waals surface area contributed by atoms with Crippen LogP contribution in [0.25, 0.3) is 0 Å². The maximum absolute atomic E-state index is 5.04. The van der Waals surface area contributed by atoms with Gasteiger partial charge in [0.25, 0.3) is 0 Å². The molecule has 6 heteroatoms. The Morgan fingerprint density at radius 3 is 2.57 bits per heavy atom. The van der Waals surface area contributed by atoms with Crippen molar-refractivity contribution in [1.29, 1.82) is 0 Å². The van der Waals surface area contributed by atoms with E-state index in [1.807, 2.05) is 0 Å². The van der Waals surface area contributed by atoms with Gasteiger partial charge >= 0.3 is 0 Å². The number of rotatable bonds is 8. The number of halogens is 1. The zero-order chi connectivity index (χ0) is 14.6. The molecule has 21 heavy (non-hydrogen) atoms. The molecule has 1 aliphatic rings. The molecule has 0 bridgehead atoms. The zero-order valence-corrected chi connectivity index (χ0v) is 16.2. The molecule has 0 aromatic carbocycles. The summed E-state index contributed by atoms with van der Waals surface area (Å²) in [5.74, 6) is 1.50. The second-order valence-electron chi connectivity index (χ2n) is 5.61. The van der Waals surface area contributed by atoms with Crippen molar-refractivity contribution in [2.45, 2.75) is 33.1 Å². The molecule has 0 aromatic rings. The van der Waals surface area contributed by atoms with Crippen LogP contribution in [0.3, 0.4) is 0 Å². The fourth-order valence-electron chi connectivity index (χ4n) is 2.50. The molecular formula is C15H33IN4O. The number of methoxy groups -OCH3 is 1. The van der Waals surface area contributed by atoms with Gasteiger partial charge in [-0.3, -0.25) is 4.99 Å². The predicted molar refractivity (Wildman–Crippen MR) is 101 cm³/mol. The van der Waals surface area contributed by atoms with Gasteiger partial charge in [0.1, 0.15) is 0 Å². The molecule has 1 saturated heterocycles. The van der Waals surface area contributed by atoms with E-state index in [9.17, 15) is 0 Å². The molecule has 0 radical (unpaired) electrons. The molecule has 0 spiro atoms. The molecule has 2 N–H and O–H groups in total. The summed E-state index contributed by atoms with van der Waals surface area (Å²) in [4.78, 5) is 7.24. The number of hydrogen-bond acceptors (Lipinski definition) is 3. The number of piperidine rings is 1. The monoisotopic (exact) mass is 412 g/mol. The summed E-state index contributed by atoms with van der Waals surface area (Å²) >= 11 is 0. The summed E-state index contributed by atoms with van der Waals surface area (Å²) in [6.45, 7) is 11.3. The van der Waals surface area contributed by atoms with Gasteiger partial charge in [0.15, 0.2) is 5.96 Å². The van der Waals surface area contributed by atoms with Gasteiger partial charge in [-0.05, 0) is 38.8 Å². The summed E-state index contributed by atoms with van der Waals surface area (Å²) in [6, 6.07) is 0. The summed E-state index contributed by atoms with van der Waals surface area (Å²) in [5, 5.41) is 6.55. The van der Waals surface area contributed by atoms with Gasteiger partial charge in [-0.25, -0.2) is 0 Å². The fraction of sp³-hybridized carbons (Fsp3) is 0.933. The van der Waals surface area contributed by atoms with E-state index >= 15 is 0 Å². The molecule has 1 rings (SSSR count). The Hall–Kier alpha value is -0.0800. The van der Waals surface area contributed by atoms with Crippen LogP contribution in [0.1, 0.15) is 33.1 Å². The maximum Gasteiger partial charge on any atom is 0.191 e. The lowest BCUT2D eigenvalue weighted by Gasteiger charge is -2.28. The van der Waals surface area contributed by atoms with Crippen LogP contribution in [0.15, 0.2) is 4.99 Å². The topological polar surface area (TPSA) is 48.9 Å². The lowest BCUT2D eigenvalue weighted by atomic mass is 10.1. The first-order valence-corrected chi connectivity index (χ1v) is 7.99. The molecule has 0 amide bonds. The van der Waals surface area contributed by atoms with Crippen LogP contribution in [-0.4, -0.2) is 63.8 Å². The average Bonchev–Trinajstić information content (AvgIpc) is 2.46. The van der Waals surface area contributed by atoms with Crippen LogP contribution in [0.2, 0.25) is 0 Å². The minimum absolute atomic E-state index is 0. The van der Waals surface area contributed by atoms with Gasteiger partial charge in [0.05, 0.1) is 6.61 Å². The van der Waals surface area contributed by atoms with Crippen molar-refractivity contribution < 1.29 is 4.74 Å². The van der Waals surface area contributed by atoms with Crippen molar-refractivity contribution in [1.82, 2.24) is 15.5 Å². The predicted octanol–water partition coefficient (Wildman–Crippen LogP) is 1.93. The van der Waals surface area contributed by atoms with Crippen LogP contribution in [0, 0.1) is 5.92 Å². The van der Waals surface area contributed by atoms with Gasteiger partial charge in [0.2, 0.25) is 0 Å². The molecule has 0 saturated carbocycles. The van der Waals surface area contributed by atoms with E-state index in [0.717, 1.165) is 25.6 Å². The van der Waals surface area contributed by atoms with Crippen LogP contribution >= 0.6 is 24.0 Å². The molecule has 5 nitrogen and oxygen atoms in total. The molecule has 1 heterocycles. The number of likely N-dealkylation sites (tertiary alicyclic amines) is 1. The van der Waals surface area contributed by atoms with Gasteiger partial charge in [0, 0.05) is 33.3 Å². The highest BCUT2D eigenvalue weighted by molar-refractivity contribution is 14.0. The lowest BCUT2D eigenvalue weighted by molar-refractivity contribution is 0.202. The third-order valence-corrected chi connectivity index (χ3v) is 3.52. The third-order valence-electron chi connectivity index (χ3n) is 3.52. The number of guanidine groups is 1. The summed E-state index contributed by atoms with van der Waals surface area (Å²) in [6.07, 6.45) is 4.12. The highest BCUT2D eigenvalue weighted by atomic mass is 127. The summed E-state index contributed by atoms with van der Waals surface area (Å²) in [5.41, 5.74) is 0. The number of aliphatic imine (C=N–C) groups is 1. The highest BCUT2D eigenvalue weighted by Gasteiger charge is 2.13. The Morgan fingerprint density at radius 2 is 1.95 bits per heavy atom. The normalized spacial score (nSPS) is 18.0. The average molecular weight is 412 g/mol. The molecule has 0 aliphatic carbocycles. The number of nitrogens with one attached hydrogen (secondary N) is 2. The van der Waals surface area contributed by atoms with Crippen molar-refractivity contribution in [2.75, 3.05) is 53.0 Å². The van der Waals surface area contributed by atoms with E-state index in [4.69, 9.17) is 4.74 Å². The van der Waals surface area contributed by atoms with E-state index in [1.54, 1.807) is 7.11 Å². The van der Waals surface area contributed by atoms with Gasteiger partial charge in [-0.2, -0.15) is 0 Å². The zero-order valence-electron chi connectivity index (χ0n) is 13.9. The Balaban J connectivity index is 0.00000400. The highest BCUT2D eigenvalue weighted by Crippen LogP contribution is 2.10. The fourth-order valence-corrected chi connectivity index (χ4v) is 2.50. The SMILES string of the molecule is CCNC(=NCC(C)CN1CCCCC1)NCCOC.I. The molecule has 1 aliphatic heterocycles. The standard InChI is InChI=1S/C15H32N4O.HI/c1-4-16-15(17-8-11-20-3)18-12-14(2)13-19-9-6-5-7-10-19;/h14H,4-13H2,1-3H3,(H2,16,17,18);1H. The largest absolute Gasteiger partial charge is 0.383 e. The van der Waals surface area contributed by atoms with Crippen LogP contribution < -0.4 is 10.6 Å². The molecule has 126 valence electrons. The van der Waals surface area contributed by atoms with Crippen LogP contribution in [-0.2, 0) is 4.74 Å². The number of ether oxygens (including phenoxy) is 1. The second-order valence-corrected chi connectivity index (χ2v) is 5.61. The van der Waals surface area contributed by atoms with Crippen molar-refractivity contribution in [3.05, 3.63) is 0 Å². The lowest BCUT2D eigenvalue weighted by Crippen LogP contribution is -2.39. The van der Waals surface area contributed by atoms with Gasteiger partial charge < -0.3 is 20.3 Å². The first-order chi connectivity index (χ1) is 9.76. The van der Waals surface area contributed by atoms with E-state index < -0.39 is 0 Å². The Morgan fingerprint density at radius 1 is 1.24 bits per heavy atom. The van der Waals surface area contributed by atoms with Crippen molar-refractivity contribution in [3.63, 3.8) is 0 Å². The van der Waals surface area contributed by atoms with E-state index in [2.05, 4.69) is 34.4 Å². The molecule has 1 atom stereocenters. The van der Waals surface area contributed by atoms with Crippen LogP contribution in [0.5, 0.6) is 0 Å². The van der Waals surface area contributed by atoms with Gasteiger partial charge in [-0.15, -0.1) is 24.0 Å². The molecular weight excluding hydrogens is 379 g/mol. The van der Waals surface area contributed by atoms with Crippen molar-refractivity contribution in [3.8, 4) is 0 Å². The van der Waals surface area contributed by atoms with Crippen molar-refractivity contribution >= 4 is 29.9 Å². The maximum atomic E-state index is 5.04. The van der Waals surface area contributed by atoms with Crippen LogP contribution in [0.4, 0.5) is 0 Å². The van der Waals surface area contributed by atoms with E-state index in [1.165, 1.54) is 38.9 Å². The Kier molecular flexibility index (Phi) is 13.5. The van der Waals surface area contributed by atoms with Gasteiger partial charge in [-0.1, -0.05) is 13.3 Å². The third kappa shape index (κ3) is 10.3. The number of hydrogen-bond donors (Lipinski definition) is 2. The van der Waals surface area contributed by atoms with E-state index in [-0.39, 0.29) is 24.0 Å². The van der Waals surface area contributed by atoms with Crippen molar-refractivity contribution in [2.24, 2.45) is 10.9 Å². The summed E-state index contributed by atoms with van der Waals surface area (Å²) < 4.78 is 5.04. The molecule has 0 aromatic heterocycles. The second kappa shape index (κ2) is 13.6. The Labute approximate surface area is 147 Å². The number of nitrogens with zero attached hydrogens (tertiary/aromatic N) is 2. The molecule has 1 fully saturated rings. The minimum atomic E-state index is 0. The van der Waals surface area contributed by atoms with E-state index in [0.29, 0.717) is 12.5 Å². The quantitative estimate of drug-likeness (QED) is 0.277. The smallest absolute Gasteiger partial charge is 0.191 e. The first-order valence-electron chi connectivity index (χ1n) is 7.99. The minimum Gasteiger partial charge on any atom is -0.383 e. The summed E-state index contributed by atoms with van der Waals surface area (Å²) in [7, 11) is 1.71. The molecule has 1 unspecified atom stereocenters. The Bertz CT molecular complexity index is 270.